The summed E-state index contributed by atoms with van der Waals surface area (Å²) in [5, 5.41) is 3.05. The minimum absolute atomic E-state index is 0.633. The molecule has 0 aromatic heterocycles. The molecule has 0 radical (unpaired) electrons. The predicted molar refractivity (Wildman–Crippen MR) is 48.2 cm³/mol. The Hall–Kier alpha value is -1.44. The summed E-state index contributed by atoms with van der Waals surface area (Å²) in [6.45, 7) is 4.52. The van der Waals surface area contributed by atoms with Crippen molar-refractivity contribution in [2.45, 2.75) is 6.42 Å². The fraction of sp³-hybridized carbons (Fsp3) is 0.200. The molecule has 12 heavy (non-hydrogen) atoms. The van der Waals surface area contributed by atoms with Crippen molar-refractivity contribution in [3.05, 3.63) is 48.1 Å². The van der Waals surface area contributed by atoms with Crippen molar-refractivity contribution in [1.29, 1.82) is 0 Å². The Labute approximate surface area is 71.9 Å². The number of allylic oxidation sites excluding steroid dienone is 3. The van der Waals surface area contributed by atoms with E-state index in [1.54, 1.807) is 0 Å². The van der Waals surface area contributed by atoms with Gasteiger partial charge in [0.25, 0.3) is 0 Å². The SMILES string of the molecule is C=C1NCC2=C(C=CCC=C2)O1. The summed E-state index contributed by atoms with van der Waals surface area (Å²) in [5.74, 6) is 1.56. The van der Waals surface area contributed by atoms with Crippen LogP contribution in [0.5, 0.6) is 0 Å². The van der Waals surface area contributed by atoms with E-state index in [1.807, 2.05) is 6.08 Å². The maximum atomic E-state index is 5.41. The van der Waals surface area contributed by atoms with Crippen molar-refractivity contribution in [2.24, 2.45) is 0 Å². The van der Waals surface area contributed by atoms with Gasteiger partial charge in [-0.1, -0.05) is 18.2 Å². The fourth-order valence-corrected chi connectivity index (χ4v) is 1.26. The lowest BCUT2D eigenvalue weighted by Crippen LogP contribution is -2.23. The molecule has 0 saturated heterocycles. The van der Waals surface area contributed by atoms with Gasteiger partial charge in [-0.2, -0.15) is 0 Å². The van der Waals surface area contributed by atoms with Crippen molar-refractivity contribution >= 4 is 0 Å². The number of ether oxygens (including phenoxy) is 1. The molecule has 0 spiro atoms. The van der Waals surface area contributed by atoms with Gasteiger partial charge < -0.3 is 10.1 Å². The molecular weight excluding hydrogens is 150 g/mol. The van der Waals surface area contributed by atoms with E-state index in [2.05, 4.69) is 30.1 Å². The Kier molecular flexibility index (Phi) is 1.74. The zero-order valence-corrected chi connectivity index (χ0v) is 6.84. The maximum absolute atomic E-state index is 5.41. The molecule has 0 aromatic carbocycles. The van der Waals surface area contributed by atoms with Gasteiger partial charge in [-0.15, -0.1) is 0 Å². The normalized spacial score (nSPS) is 21.2. The molecule has 2 rings (SSSR count). The molecule has 1 N–H and O–H groups in total. The van der Waals surface area contributed by atoms with Gasteiger partial charge in [0.1, 0.15) is 5.76 Å². The maximum Gasteiger partial charge on any atom is 0.186 e. The van der Waals surface area contributed by atoms with Gasteiger partial charge in [-0.05, 0) is 19.1 Å². The van der Waals surface area contributed by atoms with E-state index in [9.17, 15) is 0 Å². The Morgan fingerprint density at radius 1 is 1.33 bits per heavy atom. The Morgan fingerprint density at radius 3 is 3.08 bits per heavy atom. The lowest BCUT2D eigenvalue weighted by molar-refractivity contribution is 0.273. The molecule has 0 aromatic rings. The molecule has 0 amide bonds. The zero-order chi connectivity index (χ0) is 8.39. The predicted octanol–water partition coefficient (Wildman–Crippen LogP) is 1.85. The molecule has 2 heteroatoms. The molecule has 1 aliphatic carbocycles. The largest absolute Gasteiger partial charge is 0.442 e. The Bertz CT molecular complexity index is 297. The van der Waals surface area contributed by atoms with Crippen LogP contribution in [0, 0.1) is 0 Å². The topological polar surface area (TPSA) is 21.3 Å². The Balaban J connectivity index is 2.33. The van der Waals surface area contributed by atoms with Crippen molar-refractivity contribution in [2.75, 3.05) is 6.54 Å². The van der Waals surface area contributed by atoms with Crippen LogP contribution in [-0.4, -0.2) is 6.54 Å². The monoisotopic (exact) mass is 161 g/mol. The van der Waals surface area contributed by atoms with Gasteiger partial charge >= 0.3 is 0 Å². The summed E-state index contributed by atoms with van der Waals surface area (Å²) in [6, 6.07) is 0. The van der Waals surface area contributed by atoms with Gasteiger partial charge in [0.05, 0.1) is 0 Å². The van der Waals surface area contributed by atoms with Gasteiger partial charge in [0.2, 0.25) is 0 Å². The fourth-order valence-electron chi connectivity index (χ4n) is 1.26. The summed E-state index contributed by atoms with van der Waals surface area (Å²) >= 11 is 0. The number of nitrogens with one attached hydrogen (secondary N) is 1. The van der Waals surface area contributed by atoms with Crippen molar-refractivity contribution in [3.8, 4) is 0 Å². The minimum atomic E-state index is 0.633. The van der Waals surface area contributed by atoms with E-state index in [1.165, 1.54) is 5.57 Å². The van der Waals surface area contributed by atoms with Crippen LogP contribution in [0.4, 0.5) is 0 Å². The standard InChI is InChI=1S/C10H11NO/c1-8-11-7-9-5-3-2-4-6-10(9)12-8/h3-6,11H,1-2,7H2. The van der Waals surface area contributed by atoms with Gasteiger partial charge in [0, 0.05) is 12.1 Å². The van der Waals surface area contributed by atoms with Crippen LogP contribution in [0.15, 0.2) is 48.1 Å². The number of rotatable bonds is 0. The molecule has 0 fully saturated rings. The zero-order valence-electron chi connectivity index (χ0n) is 6.84. The van der Waals surface area contributed by atoms with Crippen LogP contribution < -0.4 is 5.32 Å². The third kappa shape index (κ3) is 1.28. The third-order valence-electron chi connectivity index (χ3n) is 1.89. The first-order valence-corrected chi connectivity index (χ1v) is 4.03. The van der Waals surface area contributed by atoms with Crippen molar-refractivity contribution in [3.63, 3.8) is 0 Å². The molecule has 0 saturated carbocycles. The third-order valence-corrected chi connectivity index (χ3v) is 1.89. The molecule has 0 bridgehead atoms. The van der Waals surface area contributed by atoms with E-state index >= 15 is 0 Å². The summed E-state index contributed by atoms with van der Waals surface area (Å²) in [5.41, 5.74) is 1.19. The first kappa shape index (κ1) is 7.22. The highest BCUT2D eigenvalue weighted by molar-refractivity contribution is 5.36. The lowest BCUT2D eigenvalue weighted by Gasteiger charge is -2.19. The lowest BCUT2D eigenvalue weighted by atomic mass is 10.2. The molecule has 0 atom stereocenters. The van der Waals surface area contributed by atoms with Gasteiger partial charge in [-0.25, -0.2) is 0 Å². The average molecular weight is 161 g/mol. The minimum Gasteiger partial charge on any atom is -0.442 e. The summed E-state index contributed by atoms with van der Waals surface area (Å²) in [6.07, 6.45) is 9.27. The van der Waals surface area contributed by atoms with Crippen LogP contribution in [0.1, 0.15) is 6.42 Å². The van der Waals surface area contributed by atoms with E-state index in [-0.39, 0.29) is 0 Å². The highest BCUT2D eigenvalue weighted by Gasteiger charge is 2.12. The molecule has 62 valence electrons. The summed E-state index contributed by atoms with van der Waals surface area (Å²) in [7, 11) is 0. The summed E-state index contributed by atoms with van der Waals surface area (Å²) < 4.78 is 5.41. The number of hydrogen-bond acceptors (Lipinski definition) is 2. The highest BCUT2D eigenvalue weighted by Crippen LogP contribution is 2.19. The highest BCUT2D eigenvalue weighted by atomic mass is 16.5. The summed E-state index contributed by atoms with van der Waals surface area (Å²) in [4.78, 5) is 0. The molecule has 1 aliphatic heterocycles. The van der Waals surface area contributed by atoms with Gasteiger partial charge in [0.15, 0.2) is 5.88 Å². The van der Waals surface area contributed by atoms with Crippen LogP contribution in [-0.2, 0) is 4.74 Å². The number of hydrogen-bond donors (Lipinski definition) is 1. The second-order valence-corrected chi connectivity index (χ2v) is 2.81. The van der Waals surface area contributed by atoms with Crippen molar-refractivity contribution in [1.82, 2.24) is 5.32 Å². The Morgan fingerprint density at radius 2 is 2.17 bits per heavy atom. The first-order valence-electron chi connectivity index (χ1n) is 4.03. The molecular formula is C10H11NO. The molecule has 2 nitrogen and oxygen atoms in total. The second kappa shape index (κ2) is 2.89. The van der Waals surface area contributed by atoms with Crippen LogP contribution in [0.2, 0.25) is 0 Å². The molecule has 2 aliphatic rings. The smallest absolute Gasteiger partial charge is 0.186 e. The molecule has 0 unspecified atom stereocenters. The van der Waals surface area contributed by atoms with E-state index in [0.717, 1.165) is 18.7 Å². The van der Waals surface area contributed by atoms with Crippen LogP contribution >= 0.6 is 0 Å². The van der Waals surface area contributed by atoms with Gasteiger partial charge in [-0.3, -0.25) is 0 Å². The van der Waals surface area contributed by atoms with Crippen molar-refractivity contribution < 1.29 is 4.74 Å². The van der Waals surface area contributed by atoms with Crippen LogP contribution in [0.3, 0.4) is 0 Å². The molecule has 1 heterocycles. The van der Waals surface area contributed by atoms with E-state index < -0.39 is 0 Å². The second-order valence-electron chi connectivity index (χ2n) is 2.81. The first-order chi connectivity index (χ1) is 5.86. The average Bonchev–Trinajstić information content (AvgIpc) is 2.28. The van der Waals surface area contributed by atoms with E-state index in [4.69, 9.17) is 4.74 Å². The van der Waals surface area contributed by atoms with Crippen LogP contribution in [0.25, 0.3) is 0 Å². The van der Waals surface area contributed by atoms with E-state index in [0.29, 0.717) is 5.88 Å². The quantitative estimate of drug-likeness (QED) is 0.585.